The number of benzene rings is 7. The summed E-state index contributed by atoms with van der Waals surface area (Å²) in [5.74, 6) is -43.3. The van der Waals surface area contributed by atoms with Crippen molar-refractivity contribution in [1.82, 2.24) is 19.9 Å². The van der Waals surface area contributed by atoms with Crippen molar-refractivity contribution in [2.45, 2.75) is 35.5 Å². The molecule has 0 fully saturated rings. The number of fused-ring (bicyclic) bond motifs is 8. The zero-order valence-electron chi connectivity index (χ0n) is 51.9. The lowest BCUT2D eigenvalue weighted by Gasteiger charge is -2.22. The number of nitrogens with one attached hydrogen (secondary N) is 2. The van der Waals surface area contributed by atoms with Crippen LogP contribution in [-0.2, 0) is 30.1 Å². The molecule has 101 heavy (non-hydrogen) atoms. The second-order valence-corrected chi connectivity index (χ2v) is 28.7. The predicted octanol–water partition coefficient (Wildman–Crippen LogP) is 17.1. The van der Waals surface area contributed by atoms with E-state index in [0.29, 0.717) is 86.4 Å². The topological polar surface area (TPSA) is 169 Å². The molecule has 5 heterocycles. The predicted molar refractivity (Wildman–Crippen MR) is 340 cm³/mol. The standard InChI is InChI=1S/C68H40F17N7O6S3/c1-27-7-13-30(14-8-27)99(93,94)90(4)66-60(80)51(71)46(52(72)61(66)81)42-35-21-19-33(86-35)41(45-49(69)57(77)59(79)58(78)50(45)70)34-20-22-36(87-34)43(47-53(73)62(82)67(63(83)54(47)74)91(5)100(95,96)31-15-9-28(2)10-16-31)38-24-26-40(89-38)44(39-25-23-37(42)88-39)48-55(75)64(84)68(65(85)56(48)76)92(6)101(97,98)32-17-11-29(3)12-18-32/h7-26,86,89H,1-6H3. The number of hydrogen-bond donors (Lipinski definition) is 2. The van der Waals surface area contributed by atoms with Gasteiger partial charge in [0.05, 0.1) is 59.7 Å². The fourth-order valence-electron chi connectivity index (χ4n) is 11.4. The van der Waals surface area contributed by atoms with Gasteiger partial charge in [-0.25, -0.2) is 110 Å². The molecule has 2 aliphatic heterocycles. The molecule has 0 saturated carbocycles. The Morgan fingerprint density at radius 2 is 0.436 bits per heavy atom. The summed E-state index contributed by atoms with van der Waals surface area (Å²) in [5.41, 5.74) is -25.5. The van der Waals surface area contributed by atoms with Crippen molar-refractivity contribution >= 4 is 93.5 Å². The molecule has 7 aromatic carbocycles. The molecule has 8 bridgehead atoms. The van der Waals surface area contributed by atoms with E-state index < -0.39 is 250 Å². The highest BCUT2D eigenvalue weighted by molar-refractivity contribution is 7.93. The average molecular weight is 1470 g/mol. The van der Waals surface area contributed by atoms with Crippen LogP contribution in [0, 0.1) is 120 Å². The van der Waals surface area contributed by atoms with E-state index >= 15 is 70.2 Å². The summed E-state index contributed by atoms with van der Waals surface area (Å²) in [5, 5.41) is 0. The van der Waals surface area contributed by atoms with Gasteiger partial charge < -0.3 is 9.97 Å². The molecule has 33 heteroatoms. The molecule has 0 saturated heterocycles. The normalized spacial score (nSPS) is 12.5. The highest BCUT2D eigenvalue weighted by Crippen LogP contribution is 2.48. The van der Waals surface area contributed by atoms with Gasteiger partial charge in [0.15, 0.2) is 93.1 Å². The van der Waals surface area contributed by atoms with E-state index in [1.165, 1.54) is 57.2 Å². The summed E-state index contributed by atoms with van der Waals surface area (Å²) < 4.78 is 368. The number of H-pyrrole nitrogens is 2. The van der Waals surface area contributed by atoms with E-state index in [1.54, 1.807) is 0 Å². The Balaban J connectivity index is 1.24. The van der Waals surface area contributed by atoms with Crippen molar-refractivity contribution < 1.29 is 99.9 Å². The van der Waals surface area contributed by atoms with Crippen LogP contribution < -0.4 is 12.9 Å². The maximum Gasteiger partial charge on any atom is 0.264 e. The van der Waals surface area contributed by atoms with Crippen molar-refractivity contribution in [3.63, 3.8) is 0 Å². The highest BCUT2D eigenvalue weighted by atomic mass is 32.2. The molecule has 2 N–H and O–H groups in total. The van der Waals surface area contributed by atoms with Crippen LogP contribution in [0.5, 0.6) is 0 Å². The number of aromatic amines is 2. The van der Waals surface area contributed by atoms with E-state index in [9.17, 15) is 29.6 Å². The van der Waals surface area contributed by atoms with Gasteiger partial charge in [0.2, 0.25) is 5.82 Å². The van der Waals surface area contributed by atoms with Crippen molar-refractivity contribution in [3.8, 4) is 44.5 Å². The lowest BCUT2D eigenvalue weighted by molar-refractivity contribution is 0.381. The van der Waals surface area contributed by atoms with Crippen LogP contribution >= 0.6 is 0 Å². The molecule has 2 aliphatic rings. The summed E-state index contributed by atoms with van der Waals surface area (Å²) in [6.07, 6.45) is 2.45. The zero-order valence-corrected chi connectivity index (χ0v) is 54.3. The maximum atomic E-state index is 17.5. The Morgan fingerprint density at radius 1 is 0.257 bits per heavy atom. The first kappa shape index (κ1) is 70.1. The minimum atomic E-state index is -5.15. The third-order valence-corrected chi connectivity index (χ3v) is 22.0. The summed E-state index contributed by atoms with van der Waals surface area (Å²) in [4.78, 5) is 11.1. The van der Waals surface area contributed by atoms with Crippen LogP contribution in [0.25, 0.3) is 90.9 Å². The summed E-state index contributed by atoms with van der Waals surface area (Å²) in [6, 6.07) is 16.0. The minimum Gasteiger partial charge on any atom is -0.354 e. The first-order chi connectivity index (χ1) is 47.4. The number of aryl methyl sites for hydroxylation is 3. The molecule has 10 aromatic rings. The SMILES string of the molecule is Cc1ccc(S(=O)(=O)N(C)c2c(F)c(F)c(-c3c4nc(c(-c5c(F)c(F)c(N(C)S(=O)(=O)c6ccc(C)cc6)c(F)c5F)c5ccc([nH]5)c(-c5c(F)c(F)c(N(C)S(=O)(=O)c6ccc(C)cc6)c(F)c5F)c5nc(c(-c6c(F)c(F)c(F)c(F)c6F)c6ccc3[nH]6)C=C5)C=C4)c(F)c2F)cc1. The van der Waals surface area contributed by atoms with Crippen LogP contribution in [-0.4, -0.2) is 66.3 Å². The number of rotatable bonds is 13. The second kappa shape index (κ2) is 25.1. The first-order valence-electron chi connectivity index (χ1n) is 28.9. The van der Waals surface area contributed by atoms with Crippen LogP contribution in [0.4, 0.5) is 91.7 Å². The molecule has 0 aliphatic carbocycles. The highest BCUT2D eigenvalue weighted by Gasteiger charge is 2.40. The summed E-state index contributed by atoms with van der Waals surface area (Å²) in [7, 11) is -13.9. The fraction of sp³-hybridized carbons (Fsp3) is 0.0882. The van der Waals surface area contributed by atoms with Crippen molar-refractivity contribution in [3.05, 3.63) is 235 Å². The molecule has 13 nitrogen and oxygen atoms in total. The van der Waals surface area contributed by atoms with E-state index in [2.05, 4.69) is 19.9 Å². The molecular weight excluding hydrogens is 1430 g/mol. The fourth-order valence-corrected chi connectivity index (χ4v) is 15.0. The molecule has 0 spiro atoms. The van der Waals surface area contributed by atoms with Gasteiger partial charge in [-0.3, -0.25) is 12.9 Å². The van der Waals surface area contributed by atoms with Gasteiger partial charge in [0, 0.05) is 65.5 Å². The average Bonchev–Trinajstić information content (AvgIpc) is 1.72. The number of anilines is 3. The third-order valence-electron chi connectivity index (χ3n) is 16.7. The second-order valence-electron chi connectivity index (χ2n) is 22.7. The number of halogens is 17. The Labute approximate surface area is 560 Å². The monoisotopic (exact) mass is 1470 g/mol. The molecule has 0 radical (unpaired) electrons. The van der Waals surface area contributed by atoms with Crippen molar-refractivity contribution in [2.24, 2.45) is 0 Å². The largest absolute Gasteiger partial charge is 0.354 e. The van der Waals surface area contributed by atoms with Gasteiger partial charge in [-0.2, -0.15) is 0 Å². The lowest BCUT2D eigenvalue weighted by Crippen LogP contribution is -2.29. The third kappa shape index (κ3) is 11.1. The van der Waals surface area contributed by atoms with Crippen molar-refractivity contribution in [1.29, 1.82) is 0 Å². The number of hydrogen-bond acceptors (Lipinski definition) is 8. The van der Waals surface area contributed by atoms with Gasteiger partial charge in [0.1, 0.15) is 17.1 Å². The molecule has 520 valence electrons. The van der Waals surface area contributed by atoms with Gasteiger partial charge in [-0.05, 0) is 106 Å². The summed E-state index contributed by atoms with van der Waals surface area (Å²) in [6.45, 7) is 4.61. The molecular formula is C68H40F17N7O6S3. The number of aromatic nitrogens is 4. The molecule has 12 rings (SSSR count). The van der Waals surface area contributed by atoms with Crippen LogP contribution in [0.3, 0.4) is 0 Å². The maximum absolute atomic E-state index is 17.5. The lowest BCUT2D eigenvalue weighted by atomic mass is 10.0. The number of sulfonamides is 3. The van der Waals surface area contributed by atoms with Crippen molar-refractivity contribution in [2.75, 3.05) is 34.1 Å². The van der Waals surface area contributed by atoms with E-state index in [0.717, 1.165) is 36.4 Å². The van der Waals surface area contributed by atoms with Crippen LogP contribution in [0.15, 0.2) is 112 Å². The molecule has 3 aromatic heterocycles. The van der Waals surface area contributed by atoms with Gasteiger partial charge >= 0.3 is 0 Å². The first-order valence-corrected chi connectivity index (χ1v) is 33.2. The smallest absolute Gasteiger partial charge is 0.264 e. The minimum absolute atomic E-state index is 0.179. The van der Waals surface area contributed by atoms with Crippen LogP contribution in [0.1, 0.15) is 39.5 Å². The number of nitrogens with zero attached hydrogens (tertiary/aromatic N) is 5. The molecule has 0 atom stereocenters. The van der Waals surface area contributed by atoms with E-state index in [1.807, 2.05) is 0 Å². The quantitative estimate of drug-likeness (QED) is 0.0653. The Kier molecular flexibility index (Phi) is 17.4. The van der Waals surface area contributed by atoms with E-state index in [-0.39, 0.29) is 12.9 Å². The van der Waals surface area contributed by atoms with Gasteiger partial charge in [-0.15, -0.1) is 0 Å². The van der Waals surface area contributed by atoms with Gasteiger partial charge in [0.25, 0.3) is 30.1 Å². The van der Waals surface area contributed by atoms with E-state index in [4.69, 9.17) is 0 Å². The zero-order chi connectivity index (χ0) is 73.5. The molecule has 0 amide bonds. The Bertz CT molecular complexity index is 5630. The van der Waals surface area contributed by atoms with Gasteiger partial charge in [-0.1, -0.05) is 53.1 Å². The Morgan fingerprint density at radius 3 is 0.634 bits per heavy atom. The summed E-state index contributed by atoms with van der Waals surface area (Å²) >= 11 is 0. The Hall–Kier alpha value is -10.8. The molecule has 0 unspecified atom stereocenters. The van der Waals surface area contributed by atoms with Crippen LogP contribution in [0.2, 0.25) is 0 Å².